The minimum atomic E-state index is -3.22. The number of rotatable bonds is 5. The smallest absolute Gasteiger partial charge is 0.236 e. The summed E-state index contributed by atoms with van der Waals surface area (Å²) < 4.78 is 30.2. The summed E-state index contributed by atoms with van der Waals surface area (Å²) in [6, 6.07) is 3.28. The topological polar surface area (TPSA) is 76.6 Å². The van der Waals surface area contributed by atoms with Gasteiger partial charge in [0.2, 0.25) is 10.0 Å². The Hall–Kier alpha value is -1.63. The molecule has 1 fully saturated rings. The minimum absolute atomic E-state index is 0.0317. The highest BCUT2D eigenvalue weighted by Crippen LogP contribution is 2.26. The number of anilines is 1. The number of sulfonamides is 1. The molecular formula is C12H16N2O4S. The Bertz CT molecular complexity index is 571. The molecule has 104 valence electrons. The third kappa shape index (κ3) is 2.86. The lowest BCUT2D eigenvalue weighted by Crippen LogP contribution is -2.26. The van der Waals surface area contributed by atoms with Crippen LogP contribution in [0.1, 0.15) is 19.0 Å². The van der Waals surface area contributed by atoms with Crippen molar-refractivity contribution < 1.29 is 17.9 Å². The summed E-state index contributed by atoms with van der Waals surface area (Å²) in [4.78, 5) is 14.6. The van der Waals surface area contributed by atoms with E-state index in [-0.39, 0.29) is 12.4 Å². The first-order valence-corrected chi connectivity index (χ1v) is 7.76. The van der Waals surface area contributed by atoms with E-state index in [1.165, 1.54) is 4.31 Å². The van der Waals surface area contributed by atoms with Gasteiger partial charge in [0.15, 0.2) is 6.29 Å². The Morgan fingerprint density at radius 3 is 2.84 bits per heavy atom. The SMILES string of the molecule is CCc1nc(N2CCCS2(=O)=O)ccc1OCC=O. The number of hydrogen-bond donors (Lipinski definition) is 0. The van der Waals surface area contributed by atoms with Crippen LogP contribution in [0, 0.1) is 0 Å². The van der Waals surface area contributed by atoms with Crippen molar-refractivity contribution in [3.63, 3.8) is 0 Å². The van der Waals surface area contributed by atoms with Crippen molar-refractivity contribution in [1.82, 2.24) is 4.98 Å². The highest BCUT2D eigenvalue weighted by atomic mass is 32.2. The van der Waals surface area contributed by atoms with Crippen molar-refractivity contribution in [3.8, 4) is 5.75 Å². The number of carbonyl (C=O) groups is 1. The number of aromatic nitrogens is 1. The quantitative estimate of drug-likeness (QED) is 0.746. The van der Waals surface area contributed by atoms with Gasteiger partial charge in [0.05, 0.1) is 11.4 Å². The van der Waals surface area contributed by atoms with Crippen LogP contribution in [0.15, 0.2) is 12.1 Å². The molecule has 0 aliphatic carbocycles. The van der Waals surface area contributed by atoms with Gasteiger partial charge in [-0.25, -0.2) is 13.4 Å². The summed E-state index contributed by atoms with van der Waals surface area (Å²) >= 11 is 0. The first kappa shape index (κ1) is 13.8. The predicted molar refractivity (Wildman–Crippen MR) is 70.9 cm³/mol. The molecule has 2 heterocycles. The number of aryl methyl sites for hydroxylation is 1. The fourth-order valence-corrected chi connectivity index (χ4v) is 3.53. The summed E-state index contributed by atoms with van der Waals surface area (Å²) in [5, 5.41) is 0. The van der Waals surface area contributed by atoms with Crippen molar-refractivity contribution in [2.45, 2.75) is 19.8 Å². The Balaban J connectivity index is 2.31. The van der Waals surface area contributed by atoms with Crippen LogP contribution in [-0.2, 0) is 21.2 Å². The molecule has 1 aromatic rings. The van der Waals surface area contributed by atoms with E-state index >= 15 is 0 Å². The third-order valence-electron chi connectivity index (χ3n) is 2.91. The summed E-state index contributed by atoms with van der Waals surface area (Å²) in [6.45, 7) is 2.33. The van der Waals surface area contributed by atoms with Gasteiger partial charge in [-0.1, -0.05) is 6.92 Å². The number of carbonyl (C=O) groups excluding carboxylic acids is 1. The highest BCUT2D eigenvalue weighted by molar-refractivity contribution is 7.93. The Morgan fingerprint density at radius 1 is 1.47 bits per heavy atom. The maximum atomic E-state index is 11.8. The van der Waals surface area contributed by atoms with Crippen molar-refractivity contribution in [2.24, 2.45) is 0 Å². The van der Waals surface area contributed by atoms with E-state index in [1.54, 1.807) is 12.1 Å². The van der Waals surface area contributed by atoms with Gasteiger partial charge in [-0.05, 0) is 25.0 Å². The third-order valence-corrected chi connectivity index (χ3v) is 4.76. The summed E-state index contributed by atoms with van der Waals surface area (Å²) in [6.07, 6.45) is 1.89. The maximum absolute atomic E-state index is 11.8. The van der Waals surface area contributed by atoms with Gasteiger partial charge in [0, 0.05) is 6.54 Å². The lowest BCUT2D eigenvalue weighted by Gasteiger charge is -2.17. The fourth-order valence-electron chi connectivity index (χ4n) is 2.02. The van der Waals surface area contributed by atoms with Crippen molar-refractivity contribution >= 4 is 22.1 Å². The molecule has 0 bridgehead atoms. The average Bonchev–Trinajstić information content (AvgIpc) is 2.75. The molecule has 0 unspecified atom stereocenters. The molecular weight excluding hydrogens is 268 g/mol. The lowest BCUT2D eigenvalue weighted by atomic mass is 10.2. The lowest BCUT2D eigenvalue weighted by molar-refractivity contribution is -0.109. The van der Waals surface area contributed by atoms with Crippen LogP contribution >= 0.6 is 0 Å². The normalized spacial score (nSPS) is 17.4. The molecule has 0 saturated carbocycles. The molecule has 1 saturated heterocycles. The van der Waals surface area contributed by atoms with Crippen LogP contribution in [0.5, 0.6) is 5.75 Å². The molecule has 1 aliphatic heterocycles. The van der Waals surface area contributed by atoms with Crippen LogP contribution in [0.2, 0.25) is 0 Å². The molecule has 0 aromatic carbocycles. The van der Waals surface area contributed by atoms with Gasteiger partial charge >= 0.3 is 0 Å². The molecule has 0 spiro atoms. The zero-order valence-corrected chi connectivity index (χ0v) is 11.5. The van der Waals surface area contributed by atoms with Crippen LogP contribution in [0.4, 0.5) is 5.82 Å². The highest BCUT2D eigenvalue weighted by Gasteiger charge is 2.29. The van der Waals surface area contributed by atoms with Gasteiger partial charge in [-0.2, -0.15) is 0 Å². The number of pyridine rings is 1. The van der Waals surface area contributed by atoms with Gasteiger partial charge in [-0.3, -0.25) is 9.10 Å². The minimum Gasteiger partial charge on any atom is -0.484 e. The first-order chi connectivity index (χ1) is 9.08. The largest absolute Gasteiger partial charge is 0.484 e. The second-order valence-corrected chi connectivity index (χ2v) is 6.20. The van der Waals surface area contributed by atoms with Crippen LogP contribution in [0.3, 0.4) is 0 Å². The second-order valence-electron chi connectivity index (χ2n) is 4.19. The van der Waals surface area contributed by atoms with Crippen LogP contribution < -0.4 is 9.04 Å². The van der Waals surface area contributed by atoms with Gasteiger partial charge in [0.25, 0.3) is 0 Å². The van der Waals surface area contributed by atoms with Crippen molar-refractivity contribution in [1.29, 1.82) is 0 Å². The Morgan fingerprint density at radius 2 is 2.26 bits per heavy atom. The molecule has 0 radical (unpaired) electrons. The molecule has 1 aliphatic rings. The van der Waals surface area contributed by atoms with Gasteiger partial charge in [0.1, 0.15) is 18.2 Å². The molecule has 19 heavy (non-hydrogen) atoms. The summed E-state index contributed by atoms with van der Waals surface area (Å²) in [5.41, 5.74) is 0.654. The molecule has 1 aromatic heterocycles. The molecule has 6 nitrogen and oxygen atoms in total. The van der Waals surface area contributed by atoms with E-state index in [4.69, 9.17) is 4.74 Å². The van der Waals surface area contributed by atoms with E-state index in [0.717, 1.165) is 0 Å². The van der Waals surface area contributed by atoms with E-state index in [2.05, 4.69) is 4.98 Å². The molecule has 2 rings (SSSR count). The van der Waals surface area contributed by atoms with Gasteiger partial charge in [-0.15, -0.1) is 0 Å². The number of hydrogen-bond acceptors (Lipinski definition) is 5. The van der Waals surface area contributed by atoms with Gasteiger partial charge < -0.3 is 4.74 Å². The second kappa shape index (κ2) is 5.56. The van der Waals surface area contributed by atoms with Crippen molar-refractivity contribution in [3.05, 3.63) is 17.8 Å². The fraction of sp³-hybridized carbons (Fsp3) is 0.500. The zero-order valence-electron chi connectivity index (χ0n) is 10.7. The van der Waals surface area contributed by atoms with E-state index in [1.807, 2.05) is 6.92 Å². The monoisotopic (exact) mass is 284 g/mol. The maximum Gasteiger partial charge on any atom is 0.236 e. The number of aldehydes is 1. The van der Waals surface area contributed by atoms with E-state index in [0.29, 0.717) is 42.9 Å². The molecule has 0 atom stereocenters. The molecule has 0 amide bonds. The average molecular weight is 284 g/mol. The van der Waals surface area contributed by atoms with E-state index < -0.39 is 10.0 Å². The van der Waals surface area contributed by atoms with Crippen LogP contribution in [0.25, 0.3) is 0 Å². The summed E-state index contributed by atoms with van der Waals surface area (Å²) in [7, 11) is -3.22. The number of ether oxygens (including phenoxy) is 1. The van der Waals surface area contributed by atoms with Crippen molar-refractivity contribution in [2.75, 3.05) is 23.2 Å². The zero-order chi connectivity index (χ0) is 13.9. The Labute approximate surface area is 112 Å². The van der Waals surface area contributed by atoms with E-state index in [9.17, 15) is 13.2 Å². The van der Waals surface area contributed by atoms with Crippen LogP contribution in [-0.4, -0.2) is 38.6 Å². The molecule has 0 N–H and O–H groups in total. The Kier molecular flexibility index (Phi) is 4.04. The summed E-state index contributed by atoms with van der Waals surface area (Å²) in [5.74, 6) is 1.11. The first-order valence-electron chi connectivity index (χ1n) is 6.15. The molecule has 7 heteroatoms. The number of nitrogens with zero attached hydrogens (tertiary/aromatic N) is 2. The predicted octanol–water partition coefficient (Wildman–Crippen LogP) is 0.762. The standard InChI is InChI=1S/C12H16N2O4S/c1-2-10-11(18-8-7-15)4-5-12(13-10)14-6-3-9-19(14,16)17/h4-5,7H,2-3,6,8-9H2,1H3.